The molecule has 0 fully saturated rings. The molecule has 0 amide bonds. The highest BCUT2D eigenvalue weighted by Gasteiger charge is 2.15. The van der Waals surface area contributed by atoms with Gasteiger partial charge in [0.25, 0.3) is 0 Å². The number of Topliss-reactive ketones (excluding diaryl/α,β-unsaturated/α-hetero) is 1. The van der Waals surface area contributed by atoms with Crippen molar-refractivity contribution in [2.45, 2.75) is 19.0 Å². The van der Waals surface area contributed by atoms with E-state index in [4.69, 9.17) is 9.47 Å². The molecule has 0 unspecified atom stereocenters. The van der Waals surface area contributed by atoms with Crippen LogP contribution in [0.5, 0.6) is 11.5 Å². The fourth-order valence-electron chi connectivity index (χ4n) is 2.59. The Balaban J connectivity index is 1.77. The van der Waals surface area contributed by atoms with E-state index in [2.05, 4.69) is 15.5 Å². The van der Waals surface area contributed by atoms with E-state index in [1.807, 2.05) is 32.0 Å². The molecular formula is C19H20N4O3S. The standard InChI is InChI=1S/C19H20N4O3S/c1-12-5-6-13(2)15(9-12)23-19(20-21-22-23)27-11-16(24)14-7-8-17(25-3)18(10-14)26-4/h5-10H,11H2,1-4H3. The molecular weight excluding hydrogens is 364 g/mol. The number of benzene rings is 2. The predicted molar refractivity (Wildman–Crippen MR) is 103 cm³/mol. The average Bonchev–Trinajstić information content (AvgIpc) is 3.15. The van der Waals surface area contributed by atoms with Gasteiger partial charge in [-0.3, -0.25) is 4.79 Å². The van der Waals surface area contributed by atoms with Crippen molar-refractivity contribution >= 4 is 17.5 Å². The number of methoxy groups -OCH3 is 2. The molecule has 3 aromatic rings. The lowest BCUT2D eigenvalue weighted by molar-refractivity contribution is 0.102. The largest absolute Gasteiger partial charge is 0.493 e. The van der Waals surface area contributed by atoms with Gasteiger partial charge in [-0.05, 0) is 59.7 Å². The Bertz CT molecular complexity index is 971. The topological polar surface area (TPSA) is 79.1 Å². The summed E-state index contributed by atoms with van der Waals surface area (Å²) in [5.41, 5.74) is 3.62. The highest BCUT2D eigenvalue weighted by molar-refractivity contribution is 7.99. The molecule has 1 heterocycles. The minimum absolute atomic E-state index is 0.0449. The number of aromatic nitrogens is 4. The third-order valence-electron chi connectivity index (χ3n) is 4.07. The fraction of sp³-hybridized carbons (Fsp3) is 0.263. The first kappa shape index (κ1) is 18.9. The molecule has 0 bridgehead atoms. The van der Waals surface area contributed by atoms with Gasteiger partial charge in [0, 0.05) is 5.56 Å². The lowest BCUT2D eigenvalue weighted by atomic mass is 10.1. The van der Waals surface area contributed by atoms with Crippen LogP contribution in [-0.2, 0) is 0 Å². The van der Waals surface area contributed by atoms with Crippen LogP contribution in [0.1, 0.15) is 21.5 Å². The number of carbonyl (C=O) groups excluding carboxylic acids is 1. The van der Waals surface area contributed by atoms with Crippen molar-refractivity contribution in [3.8, 4) is 17.2 Å². The zero-order valence-corrected chi connectivity index (χ0v) is 16.4. The SMILES string of the molecule is COc1ccc(C(=O)CSc2nnnn2-c2cc(C)ccc2C)cc1OC. The van der Waals surface area contributed by atoms with Gasteiger partial charge in [-0.1, -0.05) is 23.9 Å². The van der Waals surface area contributed by atoms with E-state index in [9.17, 15) is 4.79 Å². The van der Waals surface area contributed by atoms with E-state index >= 15 is 0 Å². The van der Waals surface area contributed by atoms with Crippen LogP contribution >= 0.6 is 11.8 Å². The van der Waals surface area contributed by atoms with Crippen molar-refractivity contribution in [2.24, 2.45) is 0 Å². The lowest BCUT2D eigenvalue weighted by Gasteiger charge is -2.10. The number of rotatable bonds is 7. The van der Waals surface area contributed by atoms with Gasteiger partial charge >= 0.3 is 0 Å². The van der Waals surface area contributed by atoms with Gasteiger partial charge < -0.3 is 9.47 Å². The number of hydrogen-bond donors (Lipinski definition) is 0. The van der Waals surface area contributed by atoms with E-state index in [1.54, 1.807) is 37.1 Å². The molecule has 8 heteroatoms. The van der Waals surface area contributed by atoms with Crippen molar-refractivity contribution < 1.29 is 14.3 Å². The Morgan fingerprint density at radius 2 is 1.85 bits per heavy atom. The van der Waals surface area contributed by atoms with E-state index < -0.39 is 0 Å². The van der Waals surface area contributed by atoms with E-state index in [0.29, 0.717) is 22.2 Å². The summed E-state index contributed by atoms with van der Waals surface area (Å²) in [6, 6.07) is 11.2. The van der Waals surface area contributed by atoms with Crippen LogP contribution in [0, 0.1) is 13.8 Å². The summed E-state index contributed by atoms with van der Waals surface area (Å²) in [4.78, 5) is 12.6. The van der Waals surface area contributed by atoms with Crippen LogP contribution < -0.4 is 9.47 Å². The smallest absolute Gasteiger partial charge is 0.214 e. The van der Waals surface area contributed by atoms with Crippen LogP contribution in [0.3, 0.4) is 0 Å². The molecule has 0 spiro atoms. The third kappa shape index (κ3) is 4.11. The maximum atomic E-state index is 12.6. The monoisotopic (exact) mass is 384 g/mol. The molecule has 3 rings (SSSR count). The first-order valence-electron chi connectivity index (χ1n) is 8.27. The number of nitrogens with zero attached hydrogens (tertiary/aromatic N) is 4. The van der Waals surface area contributed by atoms with E-state index in [1.165, 1.54) is 11.8 Å². The summed E-state index contributed by atoms with van der Waals surface area (Å²) in [6.07, 6.45) is 0. The molecule has 0 aliphatic heterocycles. The molecule has 140 valence electrons. The van der Waals surface area contributed by atoms with Gasteiger partial charge in [0.05, 0.1) is 25.7 Å². The molecule has 1 aromatic heterocycles. The Morgan fingerprint density at radius 3 is 2.59 bits per heavy atom. The number of carbonyl (C=O) groups is 1. The van der Waals surface area contributed by atoms with Gasteiger partial charge in [-0.15, -0.1) is 5.10 Å². The number of ketones is 1. The summed E-state index contributed by atoms with van der Waals surface area (Å²) >= 11 is 1.29. The third-order valence-corrected chi connectivity index (χ3v) is 4.99. The minimum Gasteiger partial charge on any atom is -0.493 e. The number of ether oxygens (including phenoxy) is 2. The Hall–Kier alpha value is -2.87. The molecule has 7 nitrogen and oxygen atoms in total. The Labute approximate surface area is 161 Å². The molecule has 0 atom stereocenters. The number of thioether (sulfide) groups is 1. The second-order valence-corrected chi connectivity index (χ2v) is 6.89. The first-order valence-corrected chi connectivity index (χ1v) is 9.26. The van der Waals surface area contributed by atoms with Crippen molar-refractivity contribution in [1.82, 2.24) is 20.2 Å². The van der Waals surface area contributed by atoms with Crippen LogP contribution in [-0.4, -0.2) is 46.0 Å². The van der Waals surface area contributed by atoms with Crippen molar-refractivity contribution in [3.05, 3.63) is 53.1 Å². The lowest BCUT2D eigenvalue weighted by Crippen LogP contribution is -2.06. The quantitative estimate of drug-likeness (QED) is 0.457. The average molecular weight is 384 g/mol. The second kappa shape index (κ2) is 8.22. The normalized spacial score (nSPS) is 10.7. The zero-order chi connectivity index (χ0) is 19.4. The number of aryl methyl sites for hydroxylation is 2. The van der Waals surface area contributed by atoms with Gasteiger partial charge in [0.1, 0.15) is 0 Å². The van der Waals surface area contributed by atoms with Crippen molar-refractivity contribution in [3.63, 3.8) is 0 Å². The summed E-state index contributed by atoms with van der Waals surface area (Å²) in [5.74, 6) is 1.27. The molecule has 0 saturated heterocycles. The molecule has 27 heavy (non-hydrogen) atoms. The summed E-state index contributed by atoms with van der Waals surface area (Å²) in [6.45, 7) is 4.01. The molecule has 2 aromatic carbocycles. The Kier molecular flexibility index (Phi) is 5.75. The zero-order valence-electron chi connectivity index (χ0n) is 15.6. The van der Waals surface area contributed by atoms with Crippen molar-refractivity contribution in [1.29, 1.82) is 0 Å². The fourth-order valence-corrected chi connectivity index (χ4v) is 3.37. The molecule has 0 saturated carbocycles. The van der Waals surface area contributed by atoms with Gasteiger partial charge in [0.15, 0.2) is 17.3 Å². The summed E-state index contributed by atoms with van der Waals surface area (Å²) in [5, 5.41) is 12.5. The molecule has 0 aliphatic carbocycles. The van der Waals surface area contributed by atoms with E-state index in [0.717, 1.165) is 16.8 Å². The second-order valence-electron chi connectivity index (χ2n) is 5.94. The highest BCUT2D eigenvalue weighted by atomic mass is 32.2. The van der Waals surface area contributed by atoms with Crippen LogP contribution in [0.15, 0.2) is 41.6 Å². The summed E-state index contributed by atoms with van der Waals surface area (Å²) in [7, 11) is 3.10. The van der Waals surface area contributed by atoms with Gasteiger partial charge in [-0.25, -0.2) is 0 Å². The maximum absolute atomic E-state index is 12.6. The predicted octanol–water partition coefficient (Wildman–Crippen LogP) is 3.27. The van der Waals surface area contributed by atoms with Gasteiger partial charge in [0.2, 0.25) is 5.16 Å². The molecule has 0 aliphatic rings. The first-order chi connectivity index (χ1) is 13.0. The maximum Gasteiger partial charge on any atom is 0.214 e. The van der Waals surface area contributed by atoms with E-state index in [-0.39, 0.29) is 11.5 Å². The number of tetrazole rings is 1. The van der Waals surface area contributed by atoms with Gasteiger partial charge in [-0.2, -0.15) is 4.68 Å². The summed E-state index contributed by atoms with van der Waals surface area (Å²) < 4.78 is 12.1. The molecule has 0 N–H and O–H groups in total. The van der Waals surface area contributed by atoms with Crippen molar-refractivity contribution in [2.75, 3.05) is 20.0 Å². The highest BCUT2D eigenvalue weighted by Crippen LogP contribution is 2.29. The minimum atomic E-state index is -0.0449. The van der Waals surface area contributed by atoms with Crippen LogP contribution in [0.25, 0.3) is 5.69 Å². The number of hydrogen-bond acceptors (Lipinski definition) is 7. The van der Waals surface area contributed by atoms with Crippen LogP contribution in [0.2, 0.25) is 0 Å². The van der Waals surface area contributed by atoms with Crippen LogP contribution in [0.4, 0.5) is 0 Å². The Morgan fingerprint density at radius 1 is 1.07 bits per heavy atom. The molecule has 0 radical (unpaired) electrons.